The van der Waals surface area contributed by atoms with Gasteiger partial charge in [-0.3, -0.25) is 4.98 Å². The summed E-state index contributed by atoms with van der Waals surface area (Å²) in [6.45, 7) is 0.590. The molecular formula is C25H27N7O. The largest absolute Gasteiger partial charge is 0.396 e. The summed E-state index contributed by atoms with van der Waals surface area (Å²) in [5, 5.41) is 21.1. The number of pyridine rings is 3. The van der Waals surface area contributed by atoms with Crippen molar-refractivity contribution < 1.29 is 5.11 Å². The summed E-state index contributed by atoms with van der Waals surface area (Å²) in [5.41, 5.74) is 9.72. The quantitative estimate of drug-likeness (QED) is 0.288. The number of rotatable bonds is 7. The number of benzene rings is 1. The summed E-state index contributed by atoms with van der Waals surface area (Å²) < 4.78 is 0. The van der Waals surface area contributed by atoms with Crippen molar-refractivity contribution in [3.8, 4) is 0 Å². The van der Waals surface area contributed by atoms with Crippen LogP contribution in [0.1, 0.15) is 24.8 Å². The Kier molecular flexibility index (Phi) is 5.91. The van der Waals surface area contributed by atoms with Crippen LogP contribution in [0.15, 0.2) is 67.0 Å². The Morgan fingerprint density at radius 1 is 0.970 bits per heavy atom. The molecule has 1 fully saturated rings. The number of hydrogen-bond acceptors (Lipinski definition) is 8. The molecule has 168 valence electrons. The molecule has 8 nitrogen and oxygen atoms in total. The molecule has 1 saturated carbocycles. The van der Waals surface area contributed by atoms with Gasteiger partial charge in [-0.25, -0.2) is 9.97 Å². The molecule has 0 unspecified atom stereocenters. The van der Waals surface area contributed by atoms with Gasteiger partial charge in [0.25, 0.3) is 0 Å². The molecule has 0 saturated heterocycles. The number of aliphatic hydroxyl groups is 1. The van der Waals surface area contributed by atoms with Gasteiger partial charge >= 0.3 is 0 Å². The highest BCUT2D eigenvalue weighted by atomic mass is 16.3. The van der Waals surface area contributed by atoms with Gasteiger partial charge in [0.1, 0.15) is 11.6 Å². The minimum atomic E-state index is -0.305. The first kappa shape index (κ1) is 21.0. The lowest BCUT2D eigenvalue weighted by atomic mass is 10.1. The lowest BCUT2D eigenvalue weighted by Gasteiger charge is -2.18. The number of nitrogens with one attached hydrogen (secondary N) is 3. The van der Waals surface area contributed by atoms with Gasteiger partial charge in [0.15, 0.2) is 5.82 Å². The van der Waals surface area contributed by atoms with E-state index in [2.05, 4.69) is 37.0 Å². The monoisotopic (exact) mass is 441 g/mol. The van der Waals surface area contributed by atoms with Crippen molar-refractivity contribution in [3.05, 3.63) is 72.6 Å². The van der Waals surface area contributed by atoms with Gasteiger partial charge in [-0.2, -0.15) is 0 Å². The number of hydrogen-bond donors (Lipinski definition) is 5. The molecule has 3 heterocycles. The second-order valence-corrected chi connectivity index (χ2v) is 8.32. The predicted octanol–water partition coefficient (Wildman–Crippen LogP) is 4.29. The third kappa shape index (κ3) is 4.96. The third-order valence-electron chi connectivity index (χ3n) is 5.90. The summed E-state index contributed by atoms with van der Waals surface area (Å²) in [5.74, 6) is 1.91. The fraction of sp³-hybridized carbons (Fsp3) is 0.240. The molecular weight excluding hydrogens is 414 g/mol. The molecule has 2 atom stereocenters. The standard InChI is InChI=1S/C25H27N7O/c26-19-7-9-23(31-24-14-18(10-12-28-24)30-21-4-1-5-22(21)33)32-25(19)29-15-16-6-8-20-17(13-16)3-2-11-27-20/h2-3,6-14,21-22,33H,1,4-5,15,26H2,(H3,28,29,30,31,32)/t21-,22-/m1/s1. The van der Waals surface area contributed by atoms with Crippen LogP contribution in [-0.4, -0.2) is 32.2 Å². The van der Waals surface area contributed by atoms with Gasteiger partial charge in [-0.1, -0.05) is 12.1 Å². The molecule has 8 heteroatoms. The van der Waals surface area contributed by atoms with E-state index < -0.39 is 0 Å². The number of nitrogens with two attached hydrogens (primary N) is 1. The van der Waals surface area contributed by atoms with Crippen LogP contribution in [0.25, 0.3) is 10.9 Å². The lowest BCUT2D eigenvalue weighted by Crippen LogP contribution is -2.27. The van der Waals surface area contributed by atoms with E-state index in [1.54, 1.807) is 12.4 Å². The molecule has 3 aromatic heterocycles. The van der Waals surface area contributed by atoms with E-state index in [1.807, 2.05) is 48.5 Å². The zero-order chi connectivity index (χ0) is 22.6. The Balaban J connectivity index is 1.27. The van der Waals surface area contributed by atoms with Crippen molar-refractivity contribution in [1.29, 1.82) is 0 Å². The van der Waals surface area contributed by atoms with Crippen LogP contribution in [0.5, 0.6) is 0 Å². The Hall–Kier alpha value is -3.91. The molecule has 33 heavy (non-hydrogen) atoms. The first-order valence-electron chi connectivity index (χ1n) is 11.2. The van der Waals surface area contributed by atoms with Crippen molar-refractivity contribution in [1.82, 2.24) is 15.0 Å². The summed E-state index contributed by atoms with van der Waals surface area (Å²) in [7, 11) is 0. The average molecular weight is 442 g/mol. The summed E-state index contributed by atoms with van der Waals surface area (Å²) >= 11 is 0. The fourth-order valence-corrected chi connectivity index (χ4v) is 4.14. The van der Waals surface area contributed by atoms with E-state index in [0.29, 0.717) is 29.7 Å². The van der Waals surface area contributed by atoms with Crippen molar-refractivity contribution in [2.24, 2.45) is 0 Å². The maximum atomic E-state index is 10.1. The first-order valence-corrected chi connectivity index (χ1v) is 11.2. The molecule has 0 radical (unpaired) electrons. The van der Waals surface area contributed by atoms with Gasteiger partial charge in [0, 0.05) is 36.1 Å². The van der Waals surface area contributed by atoms with Crippen molar-refractivity contribution in [2.45, 2.75) is 38.0 Å². The normalized spacial score (nSPS) is 17.7. The van der Waals surface area contributed by atoms with Crippen LogP contribution in [-0.2, 0) is 6.54 Å². The molecule has 0 bridgehead atoms. The SMILES string of the molecule is Nc1ccc(Nc2cc(N[C@@H]3CCC[C@H]3O)ccn2)nc1NCc1ccc2ncccc2c1. The fourth-order valence-electron chi connectivity index (χ4n) is 4.14. The molecule has 1 aromatic carbocycles. The Morgan fingerprint density at radius 2 is 1.91 bits per heavy atom. The van der Waals surface area contributed by atoms with Gasteiger partial charge in [0.2, 0.25) is 0 Å². The van der Waals surface area contributed by atoms with Crippen molar-refractivity contribution in [3.63, 3.8) is 0 Å². The molecule has 0 spiro atoms. The van der Waals surface area contributed by atoms with Crippen LogP contribution in [0, 0.1) is 0 Å². The van der Waals surface area contributed by atoms with Crippen LogP contribution in [0.3, 0.4) is 0 Å². The number of aromatic nitrogens is 3. The van der Waals surface area contributed by atoms with E-state index in [9.17, 15) is 5.11 Å². The van der Waals surface area contributed by atoms with E-state index in [1.165, 1.54) is 0 Å². The van der Waals surface area contributed by atoms with E-state index >= 15 is 0 Å². The summed E-state index contributed by atoms with van der Waals surface area (Å²) in [4.78, 5) is 13.4. The second-order valence-electron chi connectivity index (χ2n) is 8.32. The minimum absolute atomic E-state index is 0.0802. The Labute approximate surface area is 192 Å². The average Bonchev–Trinajstić information content (AvgIpc) is 3.23. The number of nitrogen functional groups attached to an aromatic ring is 1. The zero-order valence-corrected chi connectivity index (χ0v) is 18.2. The maximum Gasteiger partial charge on any atom is 0.151 e. The van der Waals surface area contributed by atoms with Gasteiger partial charge < -0.3 is 26.8 Å². The molecule has 0 amide bonds. The number of anilines is 5. The highest BCUT2D eigenvalue weighted by Crippen LogP contribution is 2.26. The molecule has 4 aromatic rings. The van der Waals surface area contributed by atoms with E-state index in [-0.39, 0.29) is 12.1 Å². The molecule has 6 N–H and O–H groups in total. The molecule has 0 aliphatic heterocycles. The highest BCUT2D eigenvalue weighted by Gasteiger charge is 2.24. The number of aliphatic hydroxyl groups excluding tert-OH is 1. The smallest absolute Gasteiger partial charge is 0.151 e. The van der Waals surface area contributed by atoms with Gasteiger partial charge in [-0.05, 0) is 61.2 Å². The van der Waals surface area contributed by atoms with Crippen LogP contribution in [0.2, 0.25) is 0 Å². The van der Waals surface area contributed by atoms with Crippen LogP contribution >= 0.6 is 0 Å². The molecule has 1 aliphatic carbocycles. The highest BCUT2D eigenvalue weighted by molar-refractivity contribution is 5.79. The topological polar surface area (TPSA) is 121 Å². The third-order valence-corrected chi connectivity index (χ3v) is 5.90. The number of fused-ring (bicyclic) bond motifs is 1. The van der Waals surface area contributed by atoms with Crippen LogP contribution in [0.4, 0.5) is 28.8 Å². The maximum absolute atomic E-state index is 10.1. The van der Waals surface area contributed by atoms with Crippen molar-refractivity contribution >= 4 is 39.7 Å². The molecule has 1 aliphatic rings. The van der Waals surface area contributed by atoms with E-state index in [4.69, 9.17) is 5.73 Å². The molecule has 5 rings (SSSR count). The lowest BCUT2D eigenvalue weighted by molar-refractivity contribution is 0.172. The minimum Gasteiger partial charge on any atom is -0.396 e. The van der Waals surface area contributed by atoms with E-state index in [0.717, 1.165) is 41.4 Å². The second kappa shape index (κ2) is 9.30. The zero-order valence-electron chi connectivity index (χ0n) is 18.2. The Morgan fingerprint density at radius 3 is 2.79 bits per heavy atom. The predicted molar refractivity (Wildman–Crippen MR) is 133 cm³/mol. The van der Waals surface area contributed by atoms with Crippen molar-refractivity contribution in [2.75, 3.05) is 21.7 Å². The number of nitrogens with zero attached hydrogens (tertiary/aromatic N) is 3. The van der Waals surface area contributed by atoms with Gasteiger partial charge in [-0.15, -0.1) is 0 Å². The first-order chi connectivity index (χ1) is 16.1. The van der Waals surface area contributed by atoms with Crippen LogP contribution < -0.4 is 21.7 Å². The Bertz CT molecular complexity index is 1260. The van der Waals surface area contributed by atoms with Gasteiger partial charge in [0.05, 0.1) is 23.3 Å². The summed E-state index contributed by atoms with van der Waals surface area (Å²) in [6.07, 6.45) is 6.07. The summed E-state index contributed by atoms with van der Waals surface area (Å²) in [6, 6.07) is 17.7.